The second kappa shape index (κ2) is 4.94. The average molecular weight is 291 g/mol. The van der Waals surface area contributed by atoms with Crippen LogP contribution in [-0.2, 0) is 6.54 Å². The molecular weight excluding hydrogens is 274 g/mol. The van der Waals surface area contributed by atoms with Crippen LogP contribution < -0.4 is 15.2 Å². The van der Waals surface area contributed by atoms with Crippen molar-refractivity contribution in [2.24, 2.45) is 5.73 Å². The fourth-order valence-corrected chi connectivity index (χ4v) is 2.52. The van der Waals surface area contributed by atoms with E-state index in [2.05, 4.69) is 18.4 Å². The standard InChI is InChI=1S/C14H17N3O2S/c1-8(2)14-16-9-5-11-12(19-7-18-11)6-10(9)17(14)4-3-13(15)20/h5-6,8H,3-4,7H2,1-2H3,(H2,15,20). The summed E-state index contributed by atoms with van der Waals surface area (Å²) >= 11 is 4.98. The lowest BCUT2D eigenvalue weighted by Gasteiger charge is -2.11. The molecule has 2 aromatic rings. The quantitative estimate of drug-likeness (QED) is 0.877. The minimum Gasteiger partial charge on any atom is -0.454 e. The Kier molecular flexibility index (Phi) is 3.25. The van der Waals surface area contributed by atoms with Gasteiger partial charge in [0.2, 0.25) is 6.79 Å². The molecule has 0 bridgehead atoms. The monoisotopic (exact) mass is 291 g/mol. The molecule has 1 aromatic carbocycles. The number of aryl methyl sites for hydroxylation is 1. The maximum absolute atomic E-state index is 5.62. The number of imidazole rings is 1. The zero-order valence-electron chi connectivity index (χ0n) is 11.5. The maximum atomic E-state index is 5.62. The first kappa shape index (κ1) is 13.2. The molecule has 5 nitrogen and oxygen atoms in total. The lowest BCUT2D eigenvalue weighted by atomic mass is 10.2. The molecule has 3 rings (SSSR count). The molecule has 20 heavy (non-hydrogen) atoms. The molecule has 0 atom stereocenters. The van der Waals surface area contributed by atoms with Gasteiger partial charge in [0.25, 0.3) is 0 Å². The van der Waals surface area contributed by atoms with Gasteiger partial charge in [-0.2, -0.15) is 0 Å². The highest BCUT2D eigenvalue weighted by Gasteiger charge is 2.20. The van der Waals surface area contributed by atoms with Gasteiger partial charge in [0.15, 0.2) is 11.5 Å². The fourth-order valence-electron chi connectivity index (χ4n) is 2.43. The molecule has 0 aliphatic carbocycles. The molecule has 0 amide bonds. The predicted octanol–water partition coefficient (Wildman–Crippen LogP) is 2.56. The van der Waals surface area contributed by atoms with Crippen molar-refractivity contribution in [2.45, 2.75) is 32.7 Å². The lowest BCUT2D eigenvalue weighted by Crippen LogP contribution is -2.13. The van der Waals surface area contributed by atoms with E-state index in [0.717, 1.165) is 34.9 Å². The van der Waals surface area contributed by atoms with E-state index < -0.39 is 0 Å². The number of thiocarbonyl (C=S) groups is 1. The third kappa shape index (κ3) is 2.20. The summed E-state index contributed by atoms with van der Waals surface area (Å²) in [7, 11) is 0. The van der Waals surface area contributed by atoms with Gasteiger partial charge in [-0.1, -0.05) is 26.1 Å². The highest BCUT2D eigenvalue weighted by Crippen LogP contribution is 2.37. The number of ether oxygens (including phenoxy) is 2. The second-order valence-electron chi connectivity index (χ2n) is 5.19. The molecule has 0 radical (unpaired) electrons. The van der Waals surface area contributed by atoms with Gasteiger partial charge in [-0.3, -0.25) is 0 Å². The summed E-state index contributed by atoms with van der Waals surface area (Å²) in [5.74, 6) is 2.88. The van der Waals surface area contributed by atoms with Gasteiger partial charge in [-0.15, -0.1) is 0 Å². The first-order valence-corrected chi connectivity index (χ1v) is 7.05. The van der Waals surface area contributed by atoms with Crippen molar-refractivity contribution >= 4 is 28.2 Å². The highest BCUT2D eigenvalue weighted by atomic mass is 32.1. The molecule has 1 aromatic heterocycles. The Labute approximate surface area is 122 Å². The summed E-state index contributed by atoms with van der Waals surface area (Å²) < 4.78 is 13.0. The number of aromatic nitrogens is 2. The van der Waals surface area contributed by atoms with Crippen molar-refractivity contribution in [3.8, 4) is 11.5 Å². The molecule has 6 heteroatoms. The van der Waals surface area contributed by atoms with Gasteiger partial charge in [-0.25, -0.2) is 4.98 Å². The van der Waals surface area contributed by atoms with Gasteiger partial charge in [0.1, 0.15) is 5.82 Å². The van der Waals surface area contributed by atoms with Crippen molar-refractivity contribution in [1.29, 1.82) is 0 Å². The fraction of sp³-hybridized carbons (Fsp3) is 0.429. The van der Waals surface area contributed by atoms with E-state index in [1.54, 1.807) is 0 Å². The molecule has 1 aliphatic heterocycles. The van der Waals surface area contributed by atoms with E-state index in [1.165, 1.54) is 0 Å². The number of hydrogen-bond donors (Lipinski definition) is 1. The van der Waals surface area contributed by atoms with E-state index in [0.29, 0.717) is 17.3 Å². The molecule has 0 spiro atoms. The largest absolute Gasteiger partial charge is 0.454 e. The predicted molar refractivity (Wildman–Crippen MR) is 81.3 cm³/mol. The van der Waals surface area contributed by atoms with Crippen LogP contribution in [0.15, 0.2) is 12.1 Å². The Balaban J connectivity index is 2.12. The van der Waals surface area contributed by atoms with Gasteiger partial charge in [-0.05, 0) is 0 Å². The first-order chi connectivity index (χ1) is 9.56. The number of rotatable bonds is 4. The molecule has 106 valence electrons. The average Bonchev–Trinajstić information content (AvgIpc) is 2.96. The van der Waals surface area contributed by atoms with E-state index >= 15 is 0 Å². The van der Waals surface area contributed by atoms with Crippen LogP contribution in [0.2, 0.25) is 0 Å². The molecule has 2 heterocycles. The Morgan fingerprint density at radius 3 is 2.75 bits per heavy atom. The van der Waals surface area contributed by atoms with Crippen LogP contribution in [-0.4, -0.2) is 21.3 Å². The Morgan fingerprint density at radius 1 is 1.40 bits per heavy atom. The highest BCUT2D eigenvalue weighted by molar-refractivity contribution is 7.80. The van der Waals surface area contributed by atoms with Crippen LogP contribution in [0.25, 0.3) is 11.0 Å². The SMILES string of the molecule is CC(C)c1nc2cc3c(cc2n1CCC(N)=S)OCO3. The van der Waals surface area contributed by atoms with E-state index in [-0.39, 0.29) is 6.79 Å². The summed E-state index contributed by atoms with van der Waals surface area (Å²) in [6.07, 6.45) is 0.662. The van der Waals surface area contributed by atoms with E-state index in [9.17, 15) is 0 Å². The topological polar surface area (TPSA) is 62.3 Å². The first-order valence-electron chi connectivity index (χ1n) is 6.64. The van der Waals surface area contributed by atoms with Crippen molar-refractivity contribution in [2.75, 3.05) is 6.79 Å². The van der Waals surface area contributed by atoms with Crippen LogP contribution >= 0.6 is 12.2 Å². The van der Waals surface area contributed by atoms with E-state index in [4.69, 9.17) is 32.4 Å². The second-order valence-corrected chi connectivity index (χ2v) is 5.71. The Morgan fingerprint density at radius 2 is 2.10 bits per heavy atom. The van der Waals surface area contributed by atoms with Crippen LogP contribution in [0.4, 0.5) is 0 Å². The molecule has 0 saturated carbocycles. The molecule has 0 fully saturated rings. The number of nitrogens with zero attached hydrogens (tertiary/aromatic N) is 2. The van der Waals surface area contributed by atoms with Crippen molar-refractivity contribution in [3.05, 3.63) is 18.0 Å². The maximum Gasteiger partial charge on any atom is 0.231 e. The smallest absolute Gasteiger partial charge is 0.231 e. The Hall–Kier alpha value is -1.82. The van der Waals surface area contributed by atoms with Gasteiger partial charge < -0.3 is 19.8 Å². The zero-order valence-corrected chi connectivity index (χ0v) is 12.4. The minimum atomic E-state index is 0.270. The molecule has 2 N–H and O–H groups in total. The van der Waals surface area contributed by atoms with Crippen molar-refractivity contribution < 1.29 is 9.47 Å². The molecule has 1 aliphatic rings. The van der Waals surface area contributed by atoms with Crippen LogP contribution in [0.1, 0.15) is 32.0 Å². The summed E-state index contributed by atoms with van der Waals surface area (Å²) in [5.41, 5.74) is 7.58. The molecule has 0 unspecified atom stereocenters. The number of fused-ring (bicyclic) bond motifs is 2. The van der Waals surface area contributed by atoms with Gasteiger partial charge in [0, 0.05) is 31.0 Å². The van der Waals surface area contributed by atoms with Gasteiger partial charge in [0.05, 0.1) is 16.0 Å². The van der Waals surface area contributed by atoms with Gasteiger partial charge >= 0.3 is 0 Å². The zero-order chi connectivity index (χ0) is 14.3. The third-order valence-corrected chi connectivity index (χ3v) is 3.57. The number of benzene rings is 1. The summed E-state index contributed by atoms with van der Waals surface area (Å²) in [6.45, 7) is 5.25. The molecular formula is C14H17N3O2S. The third-order valence-electron chi connectivity index (χ3n) is 3.37. The number of nitrogens with two attached hydrogens (primary N) is 1. The van der Waals surface area contributed by atoms with Crippen molar-refractivity contribution in [3.63, 3.8) is 0 Å². The summed E-state index contributed by atoms with van der Waals surface area (Å²) in [5, 5.41) is 0. The molecule has 0 saturated heterocycles. The van der Waals surface area contributed by atoms with Crippen LogP contribution in [0.3, 0.4) is 0 Å². The summed E-state index contributed by atoms with van der Waals surface area (Å²) in [4.78, 5) is 5.23. The van der Waals surface area contributed by atoms with Crippen LogP contribution in [0, 0.1) is 0 Å². The van der Waals surface area contributed by atoms with Crippen molar-refractivity contribution in [1.82, 2.24) is 9.55 Å². The number of hydrogen-bond acceptors (Lipinski definition) is 4. The minimum absolute atomic E-state index is 0.270. The summed E-state index contributed by atoms with van der Waals surface area (Å²) in [6, 6.07) is 3.91. The normalized spacial score (nSPS) is 13.3. The lowest BCUT2D eigenvalue weighted by molar-refractivity contribution is 0.174. The van der Waals surface area contributed by atoms with Crippen LogP contribution in [0.5, 0.6) is 11.5 Å². The van der Waals surface area contributed by atoms with E-state index in [1.807, 2.05) is 12.1 Å². The Bertz CT molecular complexity index is 679.